The zero-order valence-electron chi connectivity index (χ0n) is 19.6. The Balaban J connectivity index is 1.85. The van der Waals surface area contributed by atoms with Crippen LogP contribution in [0.1, 0.15) is 49.9 Å². The first-order valence-corrected chi connectivity index (χ1v) is 11.6. The van der Waals surface area contributed by atoms with Gasteiger partial charge in [0.15, 0.2) is 11.9 Å². The minimum absolute atomic E-state index is 0.155. The van der Waals surface area contributed by atoms with E-state index in [2.05, 4.69) is 10.3 Å². The molecule has 1 aliphatic rings. The molecular weight excluding hydrogens is 435 g/mol. The predicted molar refractivity (Wildman–Crippen MR) is 127 cm³/mol. The van der Waals surface area contributed by atoms with Crippen LogP contribution in [0.15, 0.2) is 48.5 Å². The summed E-state index contributed by atoms with van der Waals surface area (Å²) in [5.74, 6) is -2.76. The van der Waals surface area contributed by atoms with Crippen LogP contribution in [0.4, 0.5) is 4.39 Å². The summed E-state index contributed by atoms with van der Waals surface area (Å²) in [7, 11) is 0. The summed E-state index contributed by atoms with van der Waals surface area (Å²) in [5, 5.41) is 3.59. The zero-order valence-corrected chi connectivity index (χ0v) is 19.6. The Labute approximate surface area is 197 Å². The lowest BCUT2D eigenvalue weighted by Crippen LogP contribution is -2.29. The molecule has 2 N–H and O–H groups in total. The van der Waals surface area contributed by atoms with E-state index in [4.69, 9.17) is 4.74 Å². The third-order valence-electron chi connectivity index (χ3n) is 6.27. The molecule has 2 heterocycles. The number of ether oxygens (including phenoxy) is 1. The van der Waals surface area contributed by atoms with Crippen LogP contribution in [0.5, 0.6) is 0 Å². The van der Waals surface area contributed by atoms with Crippen LogP contribution in [0.2, 0.25) is 0 Å². The highest BCUT2D eigenvalue weighted by Gasteiger charge is 2.49. The first kappa shape index (κ1) is 23.7. The van der Waals surface area contributed by atoms with Gasteiger partial charge in [-0.3, -0.25) is 14.4 Å². The lowest BCUT2D eigenvalue weighted by molar-refractivity contribution is -0.145. The molecule has 1 fully saturated rings. The SMILES string of the molecule is CC(=O)NCCc1c(C(c2ccccc2)C2C(=O)OC(CC(C)C)C2=O)[nH]c2cc(F)ccc12. The molecule has 1 saturated heterocycles. The Bertz CT molecular complexity index is 1220. The van der Waals surface area contributed by atoms with E-state index in [-0.39, 0.29) is 17.6 Å². The van der Waals surface area contributed by atoms with E-state index in [1.54, 1.807) is 6.07 Å². The Morgan fingerprint density at radius 1 is 1.15 bits per heavy atom. The summed E-state index contributed by atoms with van der Waals surface area (Å²) in [4.78, 5) is 41.3. The molecule has 0 bridgehead atoms. The number of cyclic esters (lactones) is 1. The van der Waals surface area contributed by atoms with E-state index < -0.39 is 29.7 Å². The van der Waals surface area contributed by atoms with Gasteiger partial charge < -0.3 is 15.0 Å². The van der Waals surface area contributed by atoms with E-state index >= 15 is 0 Å². The van der Waals surface area contributed by atoms with Gasteiger partial charge in [0, 0.05) is 36.0 Å². The second-order valence-corrected chi connectivity index (χ2v) is 9.26. The molecule has 34 heavy (non-hydrogen) atoms. The molecule has 0 saturated carbocycles. The van der Waals surface area contributed by atoms with Crippen molar-refractivity contribution in [2.24, 2.45) is 11.8 Å². The summed E-state index contributed by atoms with van der Waals surface area (Å²) in [6.07, 6.45) is 0.152. The number of nitrogens with one attached hydrogen (secondary N) is 2. The van der Waals surface area contributed by atoms with Crippen LogP contribution in [0.3, 0.4) is 0 Å². The van der Waals surface area contributed by atoms with Gasteiger partial charge in [-0.2, -0.15) is 0 Å². The Morgan fingerprint density at radius 3 is 2.56 bits per heavy atom. The number of aromatic nitrogens is 1. The number of carbonyl (C=O) groups excluding carboxylic acids is 3. The van der Waals surface area contributed by atoms with Gasteiger partial charge in [0.05, 0.1) is 0 Å². The molecular formula is C27H29FN2O4. The molecule has 7 heteroatoms. The highest BCUT2D eigenvalue weighted by atomic mass is 19.1. The number of rotatable bonds is 8. The van der Waals surface area contributed by atoms with Crippen LogP contribution < -0.4 is 5.32 Å². The fourth-order valence-corrected chi connectivity index (χ4v) is 4.81. The average Bonchev–Trinajstić information content (AvgIpc) is 3.26. The first-order valence-electron chi connectivity index (χ1n) is 11.6. The van der Waals surface area contributed by atoms with Crippen molar-refractivity contribution in [3.63, 3.8) is 0 Å². The van der Waals surface area contributed by atoms with Crippen molar-refractivity contribution in [3.8, 4) is 0 Å². The number of halogens is 1. The van der Waals surface area contributed by atoms with Gasteiger partial charge in [0.1, 0.15) is 11.7 Å². The van der Waals surface area contributed by atoms with Gasteiger partial charge in [0.25, 0.3) is 0 Å². The lowest BCUT2D eigenvalue weighted by atomic mass is 9.78. The summed E-state index contributed by atoms with van der Waals surface area (Å²) in [6, 6.07) is 13.8. The van der Waals surface area contributed by atoms with Crippen LogP contribution in [0, 0.1) is 17.7 Å². The first-order chi connectivity index (χ1) is 16.3. The van der Waals surface area contributed by atoms with E-state index in [0.29, 0.717) is 30.6 Å². The number of ketones is 1. The number of hydrogen-bond donors (Lipinski definition) is 2. The number of hydrogen-bond acceptors (Lipinski definition) is 4. The van der Waals surface area contributed by atoms with Gasteiger partial charge in [-0.1, -0.05) is 44.2 Å². The molecule has 3 aromatic rings. The Hall–Kier alpha value is -3.48. The molecule has 6 nitrogen and oxygen atoms in total. The van der Waals surface area contributed by atoms with Crippen LogP contribution >= 0.6 is 0 Å². The van der Waals surface area contributed by atoms with E-state index in [1.165, 1.54) is 19.1 Å². The van der Waals surface area contributed by atoms with Crippen molar-refractivity contribution in [1.82, 2.24) is 10.3 Å². The maximum atomic E-state index is 14.1. The zero-order chi connectivity index (χ0) is 24.4. The molecule has 3 unspecified atom stereocenters. The number of Topliss-reactive ketones (excluding diaryl/α,β-unsaturated/α-hetero) is 1. The third kappa shape index (κ3) is 4.74. The quantitative estimate of drug-likeness (QED) is 0.385. The van der Waals surface area contributed by atoms with Crippen LogP contribution in [-0.2, 0) is 25.5 Å². The second kappa shape index (κ2) is 9.79. The maximum Gasteiger partial charge on any atom is 0.318 e. The van der Waals surface area contributed by atoms with Gasteiger partial charge >= 0.3 is 5.97 Å². The molecule has 4 rings (SSSR count). The monoisotopic (exact) mass is 464 g/mol. The predicted octanol–water partition coefficient (Wildman–Crippen LogP) is 4.27. The molecule has 1 aliphatic heterocycles. The number of H-pyrrole nitrogens is 1. The van der Waals surface area contributed by atoms with Gasteiger partial charge in [0.2, 0.25) is 5.91 Å². The van der Waals surface area contributed by atoms with Crippen LogP contribution in [0.25, 0.3) is 10.9 Å². The van der Waals surface area contributed by atoms with Crippen molar-refractivity contribution in [2.75, 3.05) is 6.54 Å². The molecule has 3 atom stereocenters. The van der Waals surface area contributed by atoms with Crippen molar-refractivity contribution < 1.29 is 23.5 Å². The minimum atomic E-state index is -1.01. The second-order valence-electron chi connectivity index (χ2n) is 9.26. The molecule has 0 aliphatic carbocycles. The van der Waals surface area contributed by atoms with Crippen molar-refractivity contribution in [1.29, 1.82) is 0 Å². The number of fused-ring (bicyclic) bond motifs is 1. The molecule has 1 aromatic heterocycles. The van der Waals surface area contributed by atoms with E-state index in [9.17, 15) is 18.8 Å². The number of carbonyl (C=O) groups is 3. The molecule has 0 radical (unpaired) electrons. The van der Waals surface area contributed by atoms with Crippen molar-refractivity contribution in [2.45, 2.75) is 45.6 Å². The molecule has 2 aromatic carbocycles. The summed E-state index contributed by atoms with van der Waals surface area (Å²) in [6.45, 7) is 5.78. The highest BCUT2D eigenvalue weighted by Crippen LogP contribution is 2.41. The lowest BCUT2D eigenvalue weighted by Gasteiger charge is -2.22. The third-order valence-corrected chi connectivity index (χ3v) is 6.27. The van der Waals surface area contributed by atoms with Crippen LogP contribution in [-0.4, -0.2) is 35.3 Å². The number of amides is 1. The number of esters is 1. The summed E-state index contributed by atoms with van der Waals surface area (Å²) < 4.78 is 19.6. The van der Waals surface area contributed by atoms with E-state index in [1.807, 2.05) is 44.2 Å². The smallest absolute Gasteiger partial charge is 0.318 e. The van der Waals surface area contributed by atoms with Crippen molar-refractivity contribution >= 4 is 28.6 Å². The standard InChI is InChI=1S/C27H29FN2O4/c1-15(2)13-22-26(32)24(27(33)34-22)23(17-7-5-4-6-8-17)25-20(11-12-29-16(3)31)19-10-9-18(28)14-21(19)30-25/h4-10,14-15,22-24,30H,11-13H2,1-3H3,(H,29,31). The minimum Gasteiger partial charge on any atom is -0.454 e. The summed E-state index contributed by atoms with van der Waals surface area (Å²) >= 11 is 0. The normalized spacial score (nSPS) is 19.0. The largest absolute Gasteiger partial charge is 0.454 e. The Morgan fingerprint density at radius 2 is 1.88 bits per heavy atom. The fourth-order valence-electron chi connectivity index (χ4n) is 4.81. The molecule has 178 valence electrons. The fraction of sp³-hybridized carbons (Fsp3) is 0.370. The summed E-state index contributed by atoms with van der Waals surface area (Å²) in [5.41, 5.74) is 2.87. The number of benzene rings is 2. The van der Waals surface area contributed by atoms with Gasteiger partial charge in [-0.25, -0.2) is 4.39 Å². The topological polar surface area (TPSA) is 88.3 Å². The maximum absolute atomic E-state index is 14.1. The average molecular weight is 465 g/mol. The highest BCUT2D eigenvalue weighted by molar-refractivity contribution is 6.08. The van der Waals surface area contributed by atoms with Gasteiger partial charge in [-0.05, 0) is 48.1 Å². The number of aromatic amines is 1. The van der Waals surface area contributed by atoms with E-state index in [0.717, 1.165) is 16.5 Å². The molecule has 0 spiro atoms. The Kier molecular flexibility index (Phi) is 6.82. The van der Waals surface area contributed by atoms with Crippen molar-refractivity contribution in [3.05, 3.63) is 71.2 Å². The van der Waals surface area contributed by atoms with Gasteiger partial charge in [-0.15, -0.1) is 0 Å². The molecule has 1 amide bonds.